The Morgan fingerprint density at radius 1 is 1.50 bits per heavy atom. The van der Waals surface area contributed by atoms with Gasteiger partial charge < -0.3 is 5.32 Å². The van der Waals surface area contributed by atoms with E-state index in [1.54, 1.807) is 0 Å². The van der Waals surface area contributed by atoms with Gasteiger partial charge in [0.2, 0.25) is 5.91 Å². The minimum absolute atomic E-state index is 0.163. The highest BCUT2D eigenvalue weighted by Gasteiger charge is 2.38. The number of hydrogen-bond acceptors (Lipinski definition) is 2. The third kappa shape index (κ3) is 3.52. The number of nitrogens with one attached hydrogen (secondary N) is 1. The summed E-state index contributed by atoms with van der Waals surface area (Å²) >= 11 is 0. The molecule has 0 heterocycles. The molecule has 1 unspecified atom stereocenters. The zero-order valence-corrected chi connectivity index (χ0v) is 10.4. The first kappa shape index (κ1) is 13.0. The van der Waals surface area contributed by atoms with Crippen LogP contribution in [0, 0.1) is 22.7 Å². The molecule has 16 heavy (non-hydrogen) atoms. The van der Waals surface area contributed by atoms with Gasteiger partial charge in [0.15, 0.2) is 0 Å². The van der Waals surface area contributed by atoms with E-state index in [2.05, 4.69) is 25.2 Å². The molecule has 0 aliphatic heterocycles. The van der Waals surface area contributed by atoms with Crippen LogP contribution in [0.25, 0.3) is 0 Å². The van der Waals surface area contributed by atoms with Crippen molar-refractivity contribution in [1.82, 2.24) is 5.32 Å². The lowest BCUT2D eigenvalue weighted by atomic mass is 9.81. The summed E-state index contributed by atoms with van der Waals surface area (Å²) in [6.07, 6.45) is 5.72. The number of nitrogens with zero attached hydrogens (tertiary/aromatic N) is 1. The molecule has 90 valence electrons. The molecule has 0 saturated heterocycles. The number of nitriles is 1. The highest BCUT2D eigenvalue weighted by molar-refractivity contribution is 5.79. The van der Waals surface area contributed by atoms with Crippen molar-refractivity contribution in [2.45, 2.75) is 52.4 Å². The molecule has 0 aromatic rings. The lowest BCUT2D eigenvalue weighted by Gasteiger charge is -2.25. The number of amides is 1. The van der Waals surface area contributed by atoms with Crippen LogP contribution in [-0.4, -0.2) is 12.5 Å². The van der Waals surface area contributed by atoms with E-state index in [0.29, 0.717) is 13.0 Å². The molecule has 1 aliphatic rings. The summed E-state index contributed by atoms with van der Waals surface area (Å²) in [4.78, 5) is 11.9. The Bertz CT molecular complexity index is 278. The molecular formula is C13H22N2O. The number of rotatable bonds is 5. The van der Waals surface area contributed by atoms with Crippen LogP contribution < -0.4 is 5.32 Å². The molecule has 0 spiro atoms. The number of hydrogen-bond donors (Lipinski definition) is 1. The van der Waals surface area contributed by atoms with E-state index in [1.165, 1.54) is 6.42 Å². The fraction of sp³-hybridized carbons (Fsp3) is 0.846. The lowest BCUT2D eigenvalue weighted by Crippen LogP contribution is -2.36. The maximum absolute atomic E-state index is 11.9. The molecule has 1 fully saturated rings. The zero-order valence-electron chi connectivity index (χ0n) is 10.4. The monoisotopic (exact) mass is 222 g/mol. The minimum Gasteiger partial charge on any atom is -0.356 e. The SMILES string of the molecule is CC1(C)CCCC1C(=O)NCCCCC#N. The second kappa shape index (κ2) is 5.89. The highest BCUT2D eigenvalue weighted by atomic mass is 16.1. The van der Waals surface area contributed by atoms with Crippen molar-refractivity contribution in [3.8, 4) is 6.07 Å². The summed E-state index contributed by atoms with van der Waals surface area (Å²) in [5.74, 6) is 0.392. The van der Waals surface area contributed by atoms with Crippen LogP contribution in [-0.2, 0) is 4.79 Å². The third-order valence-corrected chi connectivity index (χ3v) is 3.59. The van der Waals surface area contributed by atoms with Crippen LogP contribution in [0.1, 0.15) is 52.4 Å². The van der Waals surface area contributed by atoms with Gasteiger partial charge in [0.25, 0.3) is 0 Å². The zero-order chi connectivity index (χ0) is 12.0. The van der Waals surface area contributed by atoms with Gasteiger partial charge in [-0.15, -0.1) is 0 Å². The Labute approximate surface area is 98.2 Å². The lowest BCUT2D eigenvalue weighted by molar-refractivity contribution is -0.127. The Kier molecular flexibility index (Phi) is 4.79. The van der Waals surface area contributed by atoms with E-state index in [9.17, 15) is 4.79 Å². The van der Waals surface area contributed by atoms with Crippen molar-refractivity contribution in [3.05, 3.63) is 0 Å². The predicted octanol–water partition coefficient (Wildman–Crippen LogP) is 2.62. The van der Waals surface area contributed by atoms with E-state index in [0.717, 1.165) is 25.7 Å². The Hall–Kier alpha value is -1.04. The van der Waals surface area contributed by atoms with Crippen LogP contribution in [0.2, 0.25) is 0 Å². The van der Waals surface area contributed by atoms with Crippen LogP contribution in [0.5, 0.6) is 0 Å². The maximum Gasteiger partial charge on any atom is 0.223 e. The predicted molar refractivity (Wildman–Crippen MR) is 63.6 cm³/mol. The van der Waals surface area contributed by atoms with Gasteiger partial charge in [-0.3, -0.25) is 4.79 Å². The van der Waals surface area contributed by atoms with Gasteiger partial charge in [-0.25, -0.2) is 0 Å². The quantitative estimate of drug-likeness (QED) is 0.727. The fourth-order valence-electron chi connectivity index (χ4n) is 2.48. The van der Waals surface area contributed by atoms with E-state index in [4.69, 9.17) is 5.26 Å². The number of carbonyl (C=O) groups is 1. The Balaban J connectivity index is 2.23. The van der Waals surface area contributed by atoms with E-state index in [-0.39, 0.29) is 17.2 Å². The topological polar surface area (TPSA) is 52.9 Å². The molecule has 1 saturated carbocycles. The Morgan fingerprint density at radius 2 is 2.25 bits per heavy atom. The van der Waals surface area contributed by atoms with Gasteiger partial charge in [-0.1, -0.05) is 20.3 Å². The first-order valence-electron chi connectivity index (χ1n) is 6.22. The maximum atomic E-state index is 11.9. The molecule has 1 rings (SSSR count). The summed E-state index contributed by atoms with van der Waals surface area (Å²) in [6.45, 7) is 5.08. The van der Waals surface area contributed by atoms with Crippen molar-refractivity contribution in [2.75, 3.05) is 6.54 Å². The summed E-state index contributed by atoms with van der Waals surface area (Å²) in [5, 5.41) is 11.4. The molecule has 3 heteroatoms. The summed E-state index contributed by atoms with van der Waals surface area (Å²) in [7, 11) is 0. The minimum atomic E-state index is 0.163. The largest absolute Gasteiger partial charge is 0.356 e. The van der Waals surface area contributed by atoms with Gasteiger partial charge >= 0.3 is 0 Å². The number of unbranched alkanes of at least 4 members (excludes halogenated alkanes) is 2. The first-order chi connectivity index (χ1) is 7.58. The van der Waals surface area contributed by atoms with Gasteiger partial charge in [-0.05, 0) is 31.1 Å². The van der Waals surface area contributed by atoms with E-state index in [1.807, 2.05) is 0 Å². The van der Waals surface area contributed by atoms with Crippen LogP contribution in [0.3, 0.4) is 0 Å². The summed E-state index contributed by atoms with van der Waals surface area (Å²) < 4.78 is 0. The summed E-state index contributed by atoms with van der Waals surface area (Å²) in [5.41, 5.74) is 0.163. The number of carbonyl (C=O) groups excluding carboxylic acids is 1. The second-order valence-electron chi connectivity index (χ2n) is 5.34. The van der Waals surface area contributed by atoms with Crippen molar-refractivity contribution in [2.24, 2.45) is 11.3 Å². The standard InChI is InChI=1S/C13H22N2O/c1-13(2)8-6-7-11(13)12(16)15-10-5-3-4-9-14/h11H,3-8,10H2,1-2H3,(H,15,16). The average Bonchev–Trinajstić information content (AvgIpc) is 2.57. The van der Waals surface area contributed by atoms with Crippen molar-refractivity contribution in [3.63, 3.8) is 0 Å². The van der Waals surface area contributed by atoms with Crippen LogP contribution in [0.15, 0.2) is 0 Å². The molecule has 1 atom stereocenters. The van der Waals surface area contributed by atoms with Crippen LogP contribution >= 0.6 is 0 Å². The van der Waals surface area contributed by atoms with Crippen molar-refractivity contribution < 1.29 is 4.79 Å². The second-order valence-corrected chi connectivity index (χ2v) is 5.34. The molecule has 0 aromatic carbocycles. The van der Waals surface area contributed by atoms with Gasteiger partial charge in [0.05, 0.1) is 6.07 Å². The third-order valence-electron chi connectivity index (χ3n) is 3.59. The van der Waals surface area contributed by atoms with E-state index >= 15 is 0 Å². The molecule has 0 radical (unpaired) electrons. The van der Waals surface area contributed by atoms with Gasteiger partial charge in [0, 0.05) is 18.9 Å². The smallest absolute Gasteiger partial charge is 0.223 e. The molecule has 1 aliphatic carbocycles. The van der Waals surface area contributed by atoms with Crippen molar-refractivity contribution in [1.29, 1.82) is 5.26 Å². The van der Waals surface area contributed by atoms with Crippen LogP contribution in [0.4, 0.5) is 0 Å². The molecule has 1 amide bonds. The average molecular weight is 222 g/mol. The Morgan fingerprint density at radius 3 is 2.81 bits per heavy atom. The molecule has 1 N–H and O–H groups in total. The molecule has 3 nitrogen and oxygen atoms in total. The van der Waals surface area contributed by atoms with Crippen molar-refractivity contribution >= 4 is 5.91 Å². The molecular weight excluding hydrogens is 200 g/mol. The van der Waals surface area contributed by atoms with Gasteiger partial charge in [0.1, 0.15) is 0 Å². The first-order valence-corrected chi connectivity index (χ1v) is 6.22. The normalized spacial score (nSPS) is 22.7. The van der Waals surface area contributed by atoms with Gasteiger partial charge in [-0.2, -0.15) is 5.26 Å². The molecule has 0 bridgehead atoms. The highest BCUT2D eigenvalue weighted by Crippen LogP contribution is 2.42. The fourth-order valence-corrected chi connectivity index (χ4v) is 2.48. The van der Waals surface area contributed by atoms with E-state index < -0.39 is 0 Å². The summed E-state index contributed by atoms with van der Waals surface area (Å²) in [6, 6.07) is 2.11. The molecule has 0 aromatic heterocycles.